The van der Waals surface area contributed by atoms with E-state index >= 15 is 0 Å². The molecular weight excluding hydrogens is 334 g/mol. The average molecular weight is 358 g/mol. The highest BCUT2D eigenvalue weighted by atomic mass is 35.5. The van der Waals surface area contributed by atoms with E-state index in [1.807, 2.05) is 56.7 Å². The Kier molecular flexibility index (Phi) is 5.11. The van der Waals surface area contributed by atoms with Crippen molar-refractivity contribution >= 4 is 33.3 Å². The fourth-order valence-corrected chi connectivity index (χ4v) is 5.44. The maximum Gasteiger partial charge on any atom is 0.245 e. The second kappa shape index (κ2) is 6.43. The molecule has 1 fully saturated rings. The Morgan fingerprint density at radius 1 is 1.22 bits per heavy atom. The first-order chi connectivity index (χ1) is 10.4. The summed E-state index contributed by atoms with van der Waals surface area (Å²) in [7, 11) is -1.59. The average Bonchev–Trinajstić information content (AvgIpc) is 2.74. The standard InChI is InChI=1S/C16H23N3O2S.ClH/c1-11-12(2)19(10-9-17-11)22(20,21)16-13(3)18(4)15-8-6-5-7-14(15)16;/h5-8,11-12,17H,9-10H2,1-4H3;1H. The van der Waals surface area contributed by atoms with Gasteiger partial charge in [0.25, 0.3) is 0 Å². The molecular formula is C16H24ClN3O2S. The van der Waals surface area contributed by atoms with Crippen LogP contribution in [0.2, 0.25) is 0 Å². The highest BCUT2D eigenvalue weighted by molar-refractivity contribution is 7.89. The first-order valence-electron chi connectivity index (χ1n) is 7.65. The minimum atomic E-state index is -3.51. The van der Waals surface area contributed by atoms with Crippen molar-refractivity contribution in [2.45, 2.75) is 37.8 Å². The van der Waals surface area contributed by atoms with Crippen LogP contribution in [0.1, 0.15) is 19.5 Å². The predicted molar refractivity (Wildman–Crippen MR) is 95.7 cm³/mol. The van der Waals surface area contributed by atoms with Gasteiger partial charge < -0.3 is 9.88 Å². The monoisotopic (exact) mass is 357 g/mol. The van der Waals surface area contributed by atoms with E-state index in [9.17, 15) is 8.42 Å². The number of hydrogen-bond donors (Lipinski definition) is 1. The van der Waals surface area contributed by atoms with Crippen LogP contribution in [0.15, 0.2) is 29.2 Å². The normalized spacial score (nSPS) is 23.0. The Labute approximate surface area is 144 Å². The van der Waals surface area contributed by atoms with Gasteiger partial charge in [-0.05, 0) is 26.8 Å². The third-order valence-electron chi connectivity index (χ3n) is 4.88. The van der Waals surface area contributed by atoms with E-state index in [0.717, 1.165) is 16.6 Å². The van der Waals surface area contributed by atoms with E-state index in [1.54, 1.807) is 4.31 Å². The van der Waals surface area contributed by atoms with Crippen molar-refractivity contribution in [3.8, 4) is 0 Å². The van der Waals surface area contributed by atoms with E-state index < -0.39 is 10.0 Å². The number of hydrogen-bond acceptors (Lipinski definition) is 3. The van der Waals surface area contributed by atoms with Crippen LogP contribution in [0.4, 0.5) is 0 Å². The smallest absolute Gasteiger partial charge is 0.245 e. The zero-order chi connectivity index (χ0) is 16.1. The molecule has 1 aliphatic rings. The fraction of sp³-hybridized carbons (Fsp3) is 0.500. The Hall–Kier alpha value is -1.08. The van der Waals surface area contributed by atoms with Gasteiger partial charge in [0, 0.05) is 48.8 Å². The fourth-order valence-electron chi connectivity index (χ4n) is 3.29. The van der Waals surface area contributed by atoms with Crippen LogP contribution in [-0.2, 0) is 17.1 Å². The molecule has 1 aliphatic heterocycles. The van der Waals surface area contributed by atoms with Crippen LogP contribution in [0.5, 0.6) is 0 Å². The molecule has 1 aromatic carbocycles. The molecule has 128 valence electrons. The lowest BCUT2D eigenvalue weighted by Crippen LogP contribution is -2.57. The van der Waals surface area contributed by atoms with Crippen molar-refractivity contribution in [1.29, 1.82) is 0 Å². The molecule has 0 amide bonds. The van der Waals surface area contributed by atoms with Gasteiger partial charge in [-0.3, -0.25) is 0 Å². The zero-order valence-electron chi connectivity index (χ0n) is 13.9. The molecule has 2 atom stereocenters. The third-order valence-corrected chi connectivity index (χ3v) is 7.05. The summed E-state index contributed by atoms with van der Waals surface area (Å²) in [5.41, 5.74) is 1.74. The Balaban J connectivity index is 0.00000192. The van der Waals surface area contributed by atoms with Crippen molar-refractivity contribution < 1.29 is 8.42 Å². The summed E-state index contributed by atoms with van der Waals surface area (Å²) in [6.45, 7) is 7.07. The van der Waals surface area contributed by atoms with Gasteiger partial charge in [-0.2, -0.15) is 4.31 Å². The number of benzene rings is 1. The molecule has 0 spiro atoms. The number of para-hydroxylation sites is 1. The van der Waals surface area contributed by atoms with Crippen molar-refractivity contribution in [1.82, 2.24) is 14.2 Å². The van der Waals surface area contributed by atoms with Gasteiger partial charge in [0.15, 0.2) is 0 Å². The largest absolute Gasteiger partial charge is 0.347 e. The second-order valence-corrected chi connectivity index (χ2v) is 7.92. The summed E-state index contributed by atoms with van der Waals surface area (Å²) >= 11 is 0. The molecule has 1 saturated heterocycles. The quantitative estimate of drug-likeness (QED) is 0.897. The van der Waals surface area contributed by atoms with Gasteiger partial charge in [0.05, 0.1) is 0 Å². The number of fused-ring (bicyclic) bond motifs is 1. The van der Waals surface area contributed by atoms with Crippen LogP contribution in [0, 0.1) is 6.92 Å². The van der Waals surface area contributed by atoms with Crippen molar-refractivity contribution in [3.05, 3.63) is 30.0 Å². The summed E-state index contributed by atoms with van der Waals surface area (Å²) in [6.07, 6.45) is 0. The molecule has 2 aromatic rings. The number of sulfonamides is 1. The molecule has 23 heavy (non-hydrogen) atoms. The maximum absolute atomic E-state index is 13.3. The lowest BCUT2D eigenvalue weighted by atomic mass is 10.1. The number of rotatable bonds is 2. The highest BCUT2D eigenvalue weighted by Crippen LogP contribution is 2.32. The van der Waals surface area contributed by atoms with Gasteiger partial charge >= 0.3 is 0 Å². The van der Waals surface area contributed by atoms with Crippen LogP contribution in [0.3, 0.4) is 0 Å². The maximum atomic E-state index is 13.3. The SMILES string of the molecule is Cc1c(S(=O)(=O)N2CCNC(C)C2C)c2ccccc2n1C.Cl. The number of nitrogens with zero attached hydrogens (tertiary/aromatic N) is 2. The van der Waals surface area contributed by atoms with Gasteiger partial charge in [0.1, 0.15) is 4.90 Å². The Bertz CT molecular complexity index is 816. The Morgan fingerprint density at radius 2 is 1.87 bits per heavy atom. The van der Waals surface area contributed by atoms with Gasteiger partial charge in [0.2, 0.25) is 10.0 Å². The molecule has 3 rings (SSSR count). The molecule has 5 nitrogen and oxygen atoms in total. The summed E-state index contributed by atoms with van der Waals surface area (Å²) in [5, 5.41) is 4.14. The van der Waals surface area contributed by atoms with E-state index in [4.69, 9.17) is 0 Å². The summed E-state index contributed by atoms with van der Waals surface area (Å²) in [4.78, 5) is 0.451. The molecule has 0 radical (unpaired) electrons. The van der Waals surface area contributed by atoms with Gasteiger partial charge in [-0.1, -0.05) is 18.2 Å². The lowest BCUT2D eigenvalue weighted by Gasteiger charge is -2.37. The van der Waals surface area contributed by atoms with Gasteiger partial charge in [-0.25, -0.2) is 8.42 Å². The number of nitrogens with one attached hydrogen (secondary N) is 1. The van der Waals surface area contributed by atoms with Gasteiger partial charge in [-0.15, -0.1) is 12.4 Å². The first kappa shape index (κ1) is 18.3. The molecule has 0 aliphatic carbocycles. The number of aromatic nitrogens is 1. The second-order valence-electron chi connectivity index (χ2n) is 6.09. The van der Waals surface area contributed by atoms with E-state index in [0.29, 0.717) is 18.0 Å². The van der Waals surface area contributed by atoms with E-state index in [2.05, 4.69) is 5.32 Å². The Morgan fingerprint density at radius 3 is 2.57 bits per heavy atom. The van der Waals surface area contributed by atoms with Crippen molar-refractivity contribution in [2.75, 3.05) is 13.1 Å². The number of halogens is 1. The van der Waals surface area contributed by atoms with E-state index in [-0.39, 0.29) is 24.5 Å². The van der Waals surface area contributed by atoms with Crippen LogP contribution in [-0.4, -0.2) is 42.5 Å². The molecule has 0 bridgehead atoms. The summed E-state index contributed by atoms with van der Waals surface area (Å²) < 4.78 is 30.2. The van der Waals surface area contributed by atoms with Crippen LogP contribution >= 0.6 is 12.4 Å². The highest BCUT2D eigenvalue weighted by Gasteiger charge is 2.37. The van der Waals surface area contributed by atoms with Crippen molar-refractivity contribution in [2.24, 2.45) is 7.05 Å². The number of aryl methyl sites for hydroxylation is 1. The third kappa shape index (κ3) is 2.78. The van der Waals surface area contributed by atoms with Crippen LogP contribution < -0.4 is 5.32 Å². The van der Waals surface area contributed by atoms with Crippen LogP contribution in [0.25, 0.3) is 10.9 Å². The molecule has 0 saturated carbocycles. The summed E-state index contributed by atoms with van der Waals surface area (Å²) in [6, 6.07) is 7.78. The summed E-state index contributed by atoms with van der Waals surface area (Å²) in [5.74, 6) is 0. The minimum Gasteiger partial charge on any atom is -0.347 e. The molecule has 2 unspecified atom stereocenters. The lowest BCUT2D eigenvalue weighted by molar-refractivity contribution is 0.233. The molecule has 7 heteroatoms. The number of piperazine rings is 1. The first-order valence-corrected chi connectivity index (χ1v) is 9.09. The van der Waals surface area contributed by atoms with E-state index in [1.165, 1.54) is 0 Å². The molecule has 1 aromatic heterocycles. The van der Waals surface area contributed by atoms with Crippen molar-refractivity contribution in [3.63, 3.8) is 0 Å². The minimum absolute atomic E-state index is 0. The zero-order valence-corrected chi connectivity index (χ0v) is 15.5. The molecule has 1 N–H and O–H groups in total. The topological polar surface area (TPSA) is 54.3 Å². The predicted octanol–water partition coefficient (Wildman–Crippen LogP) is 2.28. The molecule has 2 heterocycles.